The zero-order valence-electron chi connectivity index (χ0n) is 21.1. The third-order valence-electron chi connectivity index (χ3n) is 4.97. The largest absolute Gasteiger partial charge is 0.481 e. The molecule has 0 radical (unpaired) electrons. The van der Waals surface area contributed by atoms with Crippen LogP contribution in [0.3, 0.4) is 0 Å². The molecule has 0 aromatic rings. The number of carboxylic acid groups (broad SMARTS) is 3. The van der Waals surface area contributed by atoms with Crippen LogP contribution in [0.2, 0.25) is 0 Å². The van der Waals surface area contributed by atoms with Crippen molar-refractivity contribution in [2.24, 2.45) is 0 Å². The Morgan fingerprint density at radius 3 is 0.971 bits per heavy atom. The topological polar surface area (TPSA) is 173 Å². The molecule has 34 heavy (non-hydrogen) atoms. The first-order valence-corrected chi connectivity index (χ1v) is 12.8. The summed E-state index contributed by atoms with van der Waals surface area (Å²) in [6.45, 7) is 1.54. The summed E-state index contributed by atoms with van der Waals surface area (Å²) < 4.78 is 0. The summed E-state index contributed by atoms with van der Waals surface area (Å²) in [6.07, 6.45) is 18.7. The minimum absolute atomic E-state index is 0.296. The van der Waals surface area contributed by atoms with E-state index in [1.54, 1.807) is 0 Å². The van der Waals surface area contributed by atoms with E-state index >= 15 is 0 Å². The Morgan fingerprint density at radius 2 is 0.765 bits per heavy atom. The van der Waals surface area contributed by atoms with Crippen LogP contribution in [0.25, 0.3) is 0 Å². The second-order valence-electron chi connectivity index (χ2n) is 8.40. The predicted octanol–water partition coefficient (Wildman–Crippen LogP) is 4.60. The SMILES string of the molecule is CCCCCCCCCCCCCCCCCC(=O)O.O=C(O)CCC(=O)O.OCC(O)CO. The smallest absolute Gasteiger partial charge is 0.303 e. The molecule has 0 aromatic heterocycles. The zero-order chi connectivity index (χ0) is 26.5. The summed E-state index contributed by atoms with van der Waals surface area (Å²) in [5, 5.41) is 48.3. The molecule has 6 N–H and O–H groups in total. The van der Waals surface area contributed by atoms with E-state index < -0.39 is 24.0 Å². The number of aliphatic hydroxyl groups is 3. The van der Waals surface area contributed by atoms with Gasteiger partial charge in [-0.15, -0.1) is 0 Å². The summed E-state index contributed by atoms with van der Waals surface area (Å²) in [6, 6.07) is 0. The van der Waals surface area contributed by atoms with Gasteiger partial charge in [-0.25, -0.2) is 0 Å². The first-order valence-electron chi connectivity index (χ1n) is 12.8. The molecule has 0 amide bonds. The second-order valence-corrected chi connectivity index (χ2v) is 8.40. The third-order valence-corrected chi connectivity index (χ3v) is 4.97. The van der Waals surface area contributed by atoms with Gasteiger partial charge in [-0.2, -0.15) is 0 Å². The second kappa shape index (κ2) is 31.3. The maximum Gasteiger partial charge on any atom is 0.303 e. The Labute approximate surface area is 205 Å². The van der Waals surface area contributed by atoms with Crippen LogP contribution in [0.4, 0.5) is 0 Å². The highest BCUT2D eigenvalue weighted by molar-refractivity contribution is 5.75. The molecule has 0 unspecified atom stereocenters. The van der Waals surface area contributed by atoms with Gasteiger partial charge in [-0.05, 0) is 6.42 Å². The minimum atomic E-state index is -1.08. The van der Waals surface area contributed by atoms with Gasteiger partial charge in [0.1, 0.15) is 6.10 Å². The summed E-state index contributed by atoms with van der Waals surface area (Å²) in [5.74, 6) is -2.81. The van der Waals surface area contributed by atoms with Crippen molar-refractivity contribution in [3.8, 4) is 0 Å². The molecule has 0 spiro atoms. The van der Waals surface area contributed by atoms with Crippen molar-refractivity contribution in [1.29, 1.82) is 0 Å². The third kappa shape index (κ3) is 44.0. The lowest BCUT2D eigenvalue weighted by Gasteiger charge is -2.03. The van der Waals surface area contributed by atoms with Gasteiger partial charge in [0.05, 0.1) is 26.1 Å². The van der Waals surface area contributed by atoms with E-state index in [1.165, 1.54) is 83.5 Å². The van der Waals surface area contributed by atoms with Crippen LogP contribution >= 0.6 is 0 Å². The molecule has 0 aliphatic heterocycles. The van der Waals surface area contributed by atoms with Gasteiger partial charge in [-0.3, -0.25) is 14.4 Å². The normalized spacial score (nSPS) is 10.1. The standard InChI is InChI=1S/C18H36O2.C4H6O4.C3H8O3/c1-2-3-4-5-6-7-8-9-10-11-12-13-14-15-16-17-18(19)20;5-3(6)1-2-4(7)8;4-1-3(6)2-5/h2-17H2,1H3,(H,19,20);1-2H2,(H,5,6)(H,7,8);3-6H,1-2H2. The van der Waals surface area contributed by atoms with Crippen LogP contribution in [-0.2, 0) is 14.4 Å². The van der Waals surface area contributed by atoms with Gasteiger partial charge in [-0.1, -0.05) is 96.8 Å². The fourth-order valence-electron chi connectivity index (χ4n) is 2.92. The fraction of sp³-hybridized carbons (Fsp3) is 0.880. The molecular formula is C25H50O9. The summed E-state index contributed by atoms with van der Waals surface area (Å²) in [7, 11) is 0. The predicted molar refractivity (Wildman–Crippen MR) is 132 cm³/mol. The van der Waals surface area contributed by atoms with Crippen LogP contribution in [0.5, 0.6) is 0 Å². The van der Waals surface area contributed by atoms with Crippen molar-refractivity contribution >= 4 is 17.9 Å². The lowest BCUT2D eigenvalue weighted by atomic mass is 10.0. The molecule has 0 rings (SSSR count). The van der Waals surface area contributed by atoms with Crippen LogP contribution in [0.1, 0.15) is 122 Å². The van der Waals surface area contributed by atoms with Gasteiger partial charge in [0.25, 0.3) is 0 Å². The highest BCUT2D eigenvalue weighted by atomic mass is 16.4. The molecule has 0 saturated carbocycles. The zero-order valence-corrected chi connectivity index (χ0v) is 21.1. The number of aliphatic carboxylic acids is 3. The van der Waals surface area contributed by atoms with E-state index in [2.05, 4.69) is 6.92 Å². The lowest BCUT2D eigenvalue weighted by Crippen LogP contribution is -2.15. The van der Waals surface area contributed by atoms with E-state index in [4.69, 9.17) is 30.6 Å². The van der Waals surface area contributed by atoms with E-state index in [9.17, 15) is 14.4 Å². The van der Waals surface area contributed by atoms with Gasteiger partial charge < -0.3 is 30.6 Å². The monoisotopic (exact) mass is 494 g/mol. The lowest BCUT2D eigenvalue weighted by molar-refractivity contribution is -0.143. The van der Waals surface area contributed by atoms with Crippen LogP contribution < -0.4 is 0 Å². The highest BCUT2D eigenvalue weighted by Gasteiger charge is 2.00. The molecule has 0 aliphatic carbocycles. The Hall–Kier alpha value is -1.71. The van der Waals surface area contributed by atoms with Crippen molar-refractivity contribution in [3.05, 3.63) is 0 Å². The molecule has 0 aliphatic rings. The van der Waals surface area contributed by atoms with E-state index in [1.807, 2.05) is 0 Å². The van der Waals surface area contributed by atoms with E-state index in [0.717, 1.165) is 12.8 Å². The van der Waals surface area contributed by atoms with Crippen molar-refractivity contribution in [1.82, 2.24) is 0 Å². The van der Waals surface area contributed by atoms with Gasteiger partial charge in [0, 0.05) is 6.42 Å². The fourth-order valence-corrected chi connectivity index (χ4v) is 2.92. The summed E-state index contributed by atoms with van der Waals surface area (Å²) in [4.78, 5) is 29.6. The van der Waals surface area contributed by atoms with Crippen LogP contribution in [-0.4, -0.2) is 67.9 Å². The first kappa shape index (κ1) is 36.9. The molecule has 204 valence electrons. The molecule has 0 atom stereocenters. The Balaban J connectivity index is -0.000000560. The molecular weight excluding hydrogens is 444 g/mol. The average molecular weight is 495 g/mol. The number of carboxylic acids is 3. The van der Waals surface area contributed by atoms with E-state index in [-0.39, 0.29) is 26.1 Å². The number of unbranched alkanes of at least 4 members (excludes halogenated alkanes) is 14. The summed E-state index contributed by atoms with van der Waals surface area (Å²) >= 11 is 0. The van der Waals surface area contributed by atoms with Crippen molar-refractivity contribution < 1.29 is 45.0 Å². The van der Waals surface area contributed by atoms with Gasteiger partial charge in [0.2, 0.25) is 0 Å². The Bertz CT molecular complexity index is 438. The summed E-state index contributed by atoms with van der Waals surface area (Å²) in [5.41, 5.74) is 0. The molecule has 0 bridgehead atoms. The Morgan fingerprint density at radius 1 is 0.500 bits per heavy atom. The number of hydrogen-bond acceptors (Lipinski definition) is 6. The van der Waals surface area contributed by atoms with Crippen LogP contribution in [0.15, 0.2) is 0 Å². The van der Waals surface area contributed by atoms with Gasteiger partial charge in [0.15, 0.2) is 0 Å². The molecule has 0 fully saturated rings. The number of aliphatic hydroxyl groups excluding tert-OH is 3. The highest BCUT2D eigenvalue weighted by Crippen LogP contribution is 2.13. The molecule has 9 nitrogen and oxygen atoms in total. The first-order chi connectivity index (χ1) is 16.2. The minimum Gasteiger partial charge on any atom is -0.481 e. The van der Waals surface area contributed by atoms with E-state index in [0.29, 0.717) is 6.42 Å². The maximum atomic E-state index is 10.3. The van der Waals surface area contributed by atoms with Crippen LogP contribution in [0, 0.1) is 0 Å². The Kier molecular flexibility index (Phi) is 33.9. The molecule has 0 heterocycles. The quantitative estimate of drug-likeness (QED) is 0.125. The number of rotatable bonds is 21. The van der Waals surface area contributed by atoms with Gasteiger partial charge >= 0.3 is 17.9 Å². The van der Waals surface area contributed by atoms with Crippen molar-refractivity contribution in [2.45, 2.75) is 129 Å². The number of carbonyl (C=O) groups is 3. The maximum absolute atomic E-state index is 10.3. The number of hydrogen-bond donors (Lipinski definition) is 6. The average Bonchev–Trinajstić information content (AvgIpc) is 2.80. The molecule has 0 aromatic carbocycles. The molecule has 9 heteroatoms. The molecule has 0 saturated heterocycles. The van der Waals surface area contributed by atoms with Crippen molar-refractivity contribution in [2.75, 3.05) is 13.2 Å². The van der Waals surface area contributed by atoms with Crippen molar-refractivity contribution in [3.63, 3.8) is 0 Å².